The molecule has 2 aliphatic heterocycles. The maximum atomic E-state index is 5.92. The Morgan fingerprint density at radius 1 is 1.15 bits per heavy atom. The molecule has 2 saturated heterocycles. The summed E-state index contributed by atoms with van der Waals surface area (Å²) in [6, 6.07) is 1.39. The van der Waals surface area contributed by atoms with E-state index in [1.165, 1.54) is 51.5 Å². The summed E-state index contributed by atoms with van der Waals surface area (Å²) in [7, 11) is 0. The standard InChI is InChI=1S/C17H32N2O/c1-14-12-18-17(8-5-4-6-9-17)13-19(14)15-7-10-20-16(2,3)11-15/h14-15,18H,4-13H2,1-3H3. The minimum absolute atomic E-state index is 0.0627. The zero-order chi connectivity index (χ0) is 14.2. The molecule has 2 atom stereocenters. The van der Waals surface area contributed by atoms with Crippen LogP contribution in [-0.2, 0) is 4.74 Å². The van der Waals surface area contributed by atoms with Gasteiger partial charge in [0.2, 0.25) is 0 Å². The lowest BCUT2D eigenvalue weighted by molar-refractivity contribution is -0.0988. The van der Waals surface area contributed by atoms with Crippen molar-refractivity contribution in [1.82, 2.24) is 10.2 Å². The summed E-state index contributed by atoms with van der Waals surface area (Å²) in [4.78, 5) is 2.81. The molecule has 3 aliphatic rings. The fourth-order valence-corrected chi connectivity index (χ4v) is 4.58. The van der Waals surface area contributed by atoms with Gasteiger partial charge in [0.25, 0.3) is 0 Å². The van der Waals surface area contributed by atoms with E-state index in [1.807, 2.05) is 0 Å². The predicted molar refractivity (Wildman–Crippen MR) is 83.0 cm³/mol. The molecule has 1 aliphatic carbocycles. The first-order valence-electron chi connectivity index (χ1n) is 8.65. The lowest BCUT2D eigenvalue weighted by Gasteiger charge is -2.53. The van der Waals surface area contributed by atoms with Crippen molar-refractivity contribution in [3.05, 3.63) is 0 Å². The molecule has 3 rings (SSSR count). The first-order valence-corrected chi connectivity index (χ1v) is 8.65. The Balaban J connectivity index is 1.70. The van der Waals surface area contributed by atoms with Crippen molar-refractivity contribution >= 4 is 0 Å². The Morgan fingerprint density at radius 2 is 1.90 bits per heavy atom. The highest BCUT2D eigenvalue weighted by Gasteiger charge is 2.42. The lowest BCUT2D eigenvalue weighted by Crippen LogP contribution is -2.67. The van der Waals surface area contributed by atoms with E-state index in [2.05, 4.69) is 31.0 Å². The van der Waals surface area contributed by atoms with E-state index in [-0.39, 0.29) is 5.60 Å². The van der Waals surface area contributed by atoms with Crippen molar-refractivity contribution in [3.63, 3.8) is 0 Å². The molecule has 116 valence electrons. The van der Waals surface area contributed by atoms with Crippen LogP contribution in [0.2, 0.25) is 0 Å². The molecule has 3 fully saturated rings. The number of rotatable bonds is 1. The quantitative estimate of drug-likeness (QED) is 0.799. The average molecular weight is 280 g/mol. The van der Waals surface area contributed by atoms with Crippen LogP contribution in [0, 0.1) is 0 Å². The summed E-state index contributed by atoms with van der Waals surface area (Å²) in [5.41, 5.74) is 0.487. The molecule has 3 nitrogen and oxygen atoms in total. The van der Waals surface area contributed by atoms with Crippen molar-refractivity contribution in [2.24, 2.45) is 0 Å². The van der Waals surface area contributed by atoms with Crippen molar-refractivity contribution in [2.45, 2.75) is 88.9 Å². The van der Waals surface area contributed by atoms with Gasteiger partial charge in [0.1, 0.15) is 0 Å². The van der Waals surface area contributed by atoms with Crippen LogP contribution in [0.15, 0.2) is 0 Å². The third-order valence-electron chi connectivity index (χ3n) is 5.77. The van der Waals surface area contributed by atoms with Gasteiger partial charge in [-0.1, -0.05) is 19.3 Å². The van der Waals surface area contributed by atoms with Crippen LogP contribution in [0.25, 0.3) is 0 Å². The highest BCUT2D eigenvalue weighted by atomic mass is 16.5. The van der Waals surface area contributed by atoms with Crippen LogP contribution in [0.3, 0.4) is 0 Å². The van der Waals surface area contributed by atoms with Gasteiger partial charge in [0.15, 0.2) is 0 Å². The minimum Gasteiger partial charge on any atom is -0.375 e. The monoisotopic (exact) mass is 280 g/mol. The van der Waals surface area contributed by atoms with Gasteiger partial charge in [-0.3, -0.25) is 4.90 Å². The summed E-state index contributed by atoms with van der Waals surface area (Å²) < 4.78 is 5.92. The van der Waals surface area contributed by atoms with Gasteiger partial charge in [-0.15, -0.1) is 0 Å². The van der Waals surface area contributed by atoms with Gasteiger partial charge in [-0.05, 0) is 46.5 Å². The summed E-state index contributed by atoms with van der Waals surface area (Å²) in [5.74, 6) is 0. The normalized spacial score (nSPS) is 38.0. The molecular formula is C17H32N2O. The molecule has 0 bridgehead atoms. The third kappa shape index (κ3) is 3.05. The molecule has 2 heterocycles. The van der Waals surface area contributed by atoms with Gasteiger partial charge in [0.05, 0.1) is 5.60 Å². The molecule has 2 unspecified atom stereocenters. The summed E-state index contributed by atoms with van der Waals surface area (Å²) in [5, 5.41) is 3.90. The molecule has 0 radical (unpaired) electrons. The molecule has 0 aromatic carbocycles. The largest absolute Gasteiger partial charge is 0.375 e. The second-order valence-electron chi connectivity index (χ2n) is 8.00. The fraction of sp³-hybridized carbons (Fsp3) is 1.00. The fourth-order valence-electron chi connectivity index (χ4n) is 4.58. The second-order valence-corrected chi connectivity index (χ2v) is 8.00. The smallest absolute Gasteiger partial charge is 0.0641 e. The Labute approximate surface area is 124 Å². The molecule has 1 saturated carbocycles. The van der Waals surface area contributed by atoms with Gasteiger partial charge in [0, 0.05) is 37.3 Å². The minimum atomic E-state index is 0.0627. The van der Waals surface area contributed by atoms with E-state index in [4.69, 9.17) is 4.74 Å². The third-order valence-corrected chi connectivity index (χ3v) is 5.77. The number of nitrogens with one attached hydrogen (secondary N) is 1. The molecular weight excluding hydrogens is 248 g/mol. The Bertz CT molecular complexity index is 336. The van der Waals surface area contributed by atoms with E-state index < -0.39 is 0 Å². The lowest BCUT2D eigenvalue weighted by atomic mass is 9.78. The van der Waals surface area contributed by atoms with Crippen LogP contribution in [0.1, 0.15) is 65.7 Å². The maximum absolute atomic E-state index is 5.92. The predicted octanol–water partition coefficient (Wildman–Crippen LogP) is 2.94. The molecule has 0 amide bonds. The van der Waals surface area contributed by atoms with Gasteiger partial charge in [-0.25, -0.2) is 0 Å². The Hall–Kier alpha value is -0.120. The zero-order valence-corrected chi connectivity index (χ0v) is 13.6. The highest BCUT2D eigenvalue weighted by molar-refractivity contribution is 5.01. The first-order chi connectivity index (χ1) is 9.50. The molecule has 20 heavy (non-hydrogen) atoms. The zero-order valence-electron chi connectivity index (χ0n) is 13.6. The van der Waals surface area contributed by atoms with E-state index >= 15 is 0 Å². The summed E-state index contributed by atoms with van der Waals surface area (Å²) in [6.45, 7) is 10.3. The Kier molecular flexibility index (Phi) is 4.13. The summed E-state index contributed by atoms with van der Waals surface area (Å²) >= 11 is 0. The number of hydrogen-bond acceptors (Lipinski definition) is 3. The van der Waals surface area contributed by atoms with Crippen LogP contribution < -0.4 is 5.32 Å². The molecule has 1 N–H and O–H groups in total. The summed E-state index contributed by atoms with van der Waals surface area (Å²) in [6.07, 6.45) is 9.41. The molecule has 1 spiro atoms. The number of nitrogens with zero attached hydrogens (tertiary/aromatic N) is 1. The second kappa shape index (κ2) is 5.58. The van der Waals surface area contributed by atoms with Crippen LogP contribution >= 0.6 is 0 Å². The van der Waals surface area contributed by atoms with E-state index in [0.29, 0.717) is 11.6 Å². The van der Waals surface area contributed by atoms with E-state index in [0.717, 1.165) is 19.2 Å². The number of hydrogen-bond donors (Lipinski definition) is 1. The molecule has 3 heteroatoms. The van der Waals surface area contributed by atoms with E-state index in [9.17, 15) is 0 Å². The topological polar surface area (TPSA) is 24.5 Å². The number of ether oxygens (including phenoxy) is 1. The van der Waals surface area contributed by atoms with Gasteiger partial charge < -0.3 is 10.1 Å². The van der Waals surface area contributed by atoms with Crippen molar-refractivity contribution in [2.75, 3.05) is 19.7 Å². The highest BCUT2D eigenvalue weighted by Crippen LogP contribution is 2.35. The maximum Gasteiger partial charge on any atom is 0.0641 e. The van der Waals surface area contributed by atoms with Crippen LogP contribution in [-0.4, -0.2) is 47.8 Å². The first kappa shape index (κ1) is 14.8. The average Bonchev–Trinajstić information content (AvgIpc) is 2.42. The van der Waals surface area contributed by atoms with Crippen LogP contribution in [0.4, 0.5) is 0 Å². The van der Waals surface area contributed by atoms with Crippen LogP contribution in [0.5, 0.6) is 0 Å². The SMILES string of the molecule is CC1CNC2(CCCCC2)CN1C1CCOC(C)(C)C1. The van der Waals surface area contributed by atoms with E-state index in [1.54, 1.807) is 0 Å². The molecule has 0 aromatic heterocycles. The van der Waals surface area contributed by atoms with Gasteiger partial charge >= 0.3 is 0 Å². The number of piperazine rings is 1. The van der Waals surface area contributed by atoms with Crippen molar-refractivity contribution in [1.29, 1.82) is 0 Å². The van der Waals surface area contributed by atoms with Crippen molar-refractivity contribution < 1.29 is 4.74 Å². The van der Waals surface area contributed by atoms with Crippen molar-refractivity contribution in [3.8, 4) is 0 Å². The molecule has 0 aromatic rings. The van der Waals surface area contributed by atoms with Gasteiger partial charge in [-0.2, -0.15) is 0 Å². The Morgan fingerprint density at radius 3 is 2.60 bits per heavy atom.